The number of aliphatic hydroxyl groups is 1. The molecule has 2 aromatic heterocycles. The molecule has 0 unspecified atom stereocenters. The predicted octanol–water partition coefficient (Wildman–Crippen LogP) is 10.3. The Morgan fingerprint density at radius 1 is 0.580 bits per heavy atom. The topological polar surface area (TPSA) is 404 Å². The summed E-state index contributed by atoms with van der Waals surface area (Å²) in [5.74, 6) is 0.231. The van der Waals surface area contributed by atoms with Gasteiger partial charge in [0.15, 0.2) is 0 Å². The van der Waals surface area contributed by atoms with Gasteiger partial charge in [0, 0.05) is 98.4 Å². The van der Waals surface area contributed by atoms with Crippen LogP contribution in [0.5, 0.6) is 0 Å². The van der Waals surface area contributed by atoms with Crippen molar-refractivity contribution in [2.24, 2.45) is 25.4 Å². The van der Waals surface area contributed by atoms with Crippen LogP contribution in [0.25, 0.3) is 0 Å². The van der Waals surface area contributed by atoms with Crippen molar-refractivity contribution in [2.45, 2.75) is 79.1 Å². The number of unbranched alkanes of at least 4 members (excludes halogenated alkanes) is 6. The smallest absolute Gasteiger partial charge is 0.407 e. The Balaban J connectivity index is 0.000000315. The normalized spacial score (nSPS) is 10.6. The highest BCUT2D eigenvalue weighted by Gasteiger charge is 2.11. The fraction of sp³-hybridized carbons (Fsp3) is 0.379. The van der Waals surface area contributed by atoms with Gasteiger partial charge in [-0.25, -0.2) is 34.1 Å². The number of aromatic nitrogens is 4. The molecule has 0 spiro atoms. The maximum atomic E-state index is 12.0. The summed E-state index contributed by atoms with van der Waals surface area (Å²) >= 11 is 0. The summed E-state index contributed by atoms with van der Waals surface area (Å²) in [6, 6.07) is 28.5. The number of amides is 5. The van der Waals surface area contributed by atoms with E-state index in [0.717, 1.165) is 69.3 Å². The zero-order valence-electron chi connectivity index (χ0n) is 49.5. The van der Waals surface area contributed by atoms with E-state index >= 15 is 0 Å². The third-order valence-corrected chi connectivity index (χ3v) is 12.2. The van der Waals surface area contributed by atoms with Gasteiger partial charge in [0.05, 0.1) is 52.3 Å². The first-order chi connectivity index (χ1) is 42.5. The van der Waals surface area contributed by atoms with E-state index in [-0.39, 0.29) is 47.6 Å². The molecule has 0 bridgehead atoms. The Morgan fingerprint density at radius 2 is 0.955 bits per heavy atom. The number of hydrogen-bond acceptors (Lipinski definition) is 21. The van der Waals surface area contributed by atoms with Gasteiger partial charge in [-0.2, -0.15) is 20.5 Å². The van der Waals surface area contributed by atoms with Crippen LogP contribution >= 0.6 is 0 Å². The number of nitro benzene ring substituents is 2. The Hall–Kier alpha value is -10.6. The Labute approximate surface area is 506 Å². The number of isocyanates is 1. The number of non-ortho nitro benzene ring substituents is 2. The molecular formula is C58H74N18O12. The van der Waals surface area contributed by atoms with Crippen LogP contribution in [0.2, 0.25) is 0 Å². The van der Waals surface area contributed by atoms with Crippen LogP contribution in [0.3, 0.4) is 0 Å². The van der Waals surface area contributed by atoms with Gasteiger partial charge in [0.25, 0.3) is 22.5 Å². The molecule has 468 valence electrons. The predicted molar refractivity (Wildman–Crippen MR) is 333 cm³/mol. The Bertz CT molecular complexity index is 3360. The number of ether oxygens (including phenoxy) is 1. The number of likely N-dealkylation sites (N-methyl/N-ethyl adjacent to an activating group) is 2. The molecule has 0 radical (unpaired) electrons. The first kappa shape index (κ1) is 69.9. The van der Waals surface area contributed by atoms with Crippen molar-refractivity contribution in [3.63, 3.8) is 0 Å². The highest BCUT2D eigenvalue weighted by molar-refractivity contribution is 5.87. The minimum Gasteiger partial charge on any atom is -0.448 e. The number of urea groups is 2. The van der Waals surface area contributed by atoms with Crippen molar-refractivity contribution < 1.29 is 38.9 Å². The maximum absolute atomic E-state index is 12.0. The van der Waals surface area contributed by atoms with Crippen LogP contribution in [0, 0.1) is 34.1 Å². The van der Waals surface area contributed by atoms with Crippen LogP contribution in [-0.2, 0) is 9.53 Å². The van der Waals surface area contributed by atoms with Gasteiger partial charge >= 0.3 is 18.2 Å². The molecular weight excluding hydrogens is 1140 g/mol. The molecule has 30 heteroatoms. The van der Waals surface area contributed by atoms with E-state index in [1.807, 2.05) is 62.4 Å². The second-order valence-corrected chi connectivity index (χ2v) is 19.0. The number of aliphatic hydroxyl groups excluding tert-OH is 1. The quantitative estimate of drug-likeness (QED) is 0.00501. The lowest BCUT2D eigenvalue weighted by atomic mass is 10.2. The lowest BCUT2D eigenvalue weighted by Gasteiger charge is -2.23. The van der Waals surface area contributed by atoms with E-state index < -0.39 is 28.0 Å². The monoisotopic (exact) mass is 1210 g/mol. The second-order valence-electron chi connectivity index (χ2n) is 19.0. The molecule has 6 aromatic rings. The first-order valence-electron chi connectivity index (χ1n) is 28.3. The third-order valence-electron chi connectivity index (χ3n) is 12.2. The Kier molecular flexibility index (Phi) is 31.6. The average molecular weight is 1220 g/mol. The number of aliphatic imine (C=N–C) groups is 1. The number of anilines is 4. The summed E-state index contributed by atoms with van der Waals surface area (Å²) in [7, 11) is 0. The number of hydrogen-bond donors (Lipinski definition) is 8. The first-order valence-corrected chi connectivity index (χ1v) is 28.3. The van der Waals surface area contributed by atoms with Gasteiger partial charge in [-0.05, 0) is 126 Å². The maximum Gasteiger partial charge on any atom is 0.407 e. The van der Waals surface area contributed by atoms with Crippen molar-refractivity contribution in [2.75, 3.05) is 86.0 Å². The van der Waals surface area contributed by atoms with Crippen LogP contribution in [-0.4, -0.2) is 125 Å². The number of nitrogens with zero attached hydrogens (tertiary/aromatic N) is 11. The number of nitro groups is 2. The van der Waals surface area contributed by atoms with Gasteiger partial charge in [0.2, 0.25) is 18.0 Å². The molecule has 0 fully saturated rings. The standard InChI is InChI=1S/C29H37N9O6.C16H18N4O3.C13H19N5O3/c1-3-37(24-12-8-22(9-13-24)35-36-23-10-14-25(15-11-23)38(42)43)18-19-44-29(41)31-17-7-5-4-6-16-30-28(40)34-27-32-21(2)20-26(39)33-27;1-2-19(11-12-21)15-7-3-13(4-8-15)17-18-14-5-9-16(10-6-14)20(22)23;1-10-8-11(20)17-12(16-10)18-13(21)15-7-5-3-2-4-6-14-9-19/h8-15,20H,3-7,16-19H2,1-2H3,(H,31,41)(H3,30,32,33,34,39,40);3-10,21H,2,11-12H2,1H3;8H,2-7H2,1H3,(H3,15,16,17,18,20,21). The number of H-pyrrole nitrogens is 2. The lowest BCUT2D eigenvalue weighted by Crippen LogP contribution is -2.31. The minimum absolute atomic E-state index is 0.00534. The summed E-state index contributed by atoms with van der Waals surface area (Å²) < 4.78 is 5.32. The molecule has 0 saturated carbocycles. The second kappa shape index (κ2) is 39.8. The average Bonchev–Trinajstić information content (AvgIpc) is 3.71. The van der Waals surface area contributed by atoms with Crippen LogP contribution in [0.15, 0.2) is 144 Å². The third kappa shape index (κ3) is 28.3. The van der Waals surface area contributed by atoms with Crippen molar-refractivity contribution in [1.82, 2.24) is 35.9 Å². The molecule has 8 N–H and O–H groups in total. The fourth-order valence-corrected chi connectivity index (χ4v) is 7.83. The number of carbonyl (C=O) groups excluding carboxylic acids is 4. The van der Waals surface area contributed by atoms with Crippen molar-refractivity contribution in [3.8, 4) is 0 Å². The fourth-order valence-electron chi connectivity index (χ4n) is 7.83. The number of benzene rings is 4. The van der Waals surface area contributed by atoms with Crippen LogP contribution < -0.4 is 47.5 Å². The summed E-state index contributed by atoms with van der Waals surface area (Å²) in [6.07, 6.45) is 7.89. The zero-order valence-corrected chi connectivity index (χ0v) is 49.5. The summed E-state index contributed by atoms with van der Waals surface area (Å²) in [5.41, 5.74) is 4.76. The Morgan fingerprint density at radius 3 is 1.32 bits per heavy atom. The van der Waals surface area contributed by atoms with E-state index in [2.05, 4.69) is 81.8 Å². The molecule has 0 aliphatic carbocycles. The molecule has 30 nitrogen and oxygen atoms in total. The number of aromatic amines is 2. The van der Waals surface area contributed by atoms with E-state index in [9.17, 15) is 49.0 Å². The van der Waals surface area contributed by atoms with Gasteiger partial charge in [-0.3, -0.25) is 50.4 Å². The number of azo groups is 2. The zero-order chi connectivity index (χ0) is 63.9. The van der Waals surface area contributed by atoms with E-state index in [1.165, 1.54) is 54.6 Å². The summed E-state index contributed by atoms with van der Waals surface area (Å²) in [5, 5.41) is 59.9. The lowest BCUT2D eigenvalue weighted by molar-refractivity contribution is -0.385. The molecule has 0 aliphatic rings. The summed E-state index contributed by atoms with van der Waals surface area (Å²) in [4.78, 5) is 109. The molecule has 0 saturated heterocycles. The molecule has 6 rings (SSSR count). The van der Waals surface area contributed by atoms with Gasteiger partial charge in [-0.15, -0.1) is 0 Å². The molecule has 2 heterocycles. The van der Waals surface area contributed by atoms with Gasteiger partial charge in [0.1, 0.15) is 6.61 Å². The number of carbonyl (C=O) groups is 3. The van der Waals surface area contributed by atoms with Crippen molar-refractivity contribution in [1.29, 1.82) is 0 Å². The van der Waals surface area contributed by atoms with E-state index in [1.54, 1.807) is 26.0 Å². The SMILES string of the molecule is CCN(CCO)c1ccc(N=Nc2ccc([N+](=O)[O-])cc2)cc1.CCN(CCOC(=O)NCCCCCCNC(=O)Nc1nc(C)cc(=O)[nH]1)c1ccc(N=Nc2ccc([N+](=O)[O-])cc2)cc1.Cc1cc(=O)[nH]c(NC(=O)NCCCCCCN=C=O)n1. The number of aryl methyl sites for hydroxylation is 2. The van der Waals surface area contributed by atoms with Crippen molar-refractivity contribution >= 4 is 81.6 Å². The minimum atomic E-state index is -0.468. The van der Waals surface area contributed by atoms with Crippen molar-refractivity contribution in [3.05, 3.63) is 162 Å². The summed E-state index contributed by atoms with van der Waals surface area (Å²) in [6.45, 7) is 12.3. The number of rotatable bonds is 31. The van der Waals surface area contributed by atoms with Gasteiger partial charge in [-0.1, -0.05) is 25.7 Å². The van der Waals surface area contributed by atoms with E-state index in [4.69, 9.17) is 9.84 Å². The molecule has 0 aliphatic heterocycles. The van der Waals surface area contributed by atoms with Crippen LogP contribution in [0.1, 0.15) is 76.6 Å². The largest absolute Gasteiger partial charge is 0.448 e. The highest BCUT2D eigenvalue weighted by Crippen LogP contribution is 2.25. The molecule has 88 heavy (non-hydrogen) atoms. The number of alkyl carbamates (subject to hydrolysis) is 1. The highest BCUT2D eigenvalue weighted by atomic mass is 16.6. The molecule has 4 aromatic carbocycles. The van der Waals surface area contributed by atoms with Gasteiger partial charge < -0.3 is 35.6 Å². The van der Waals surface area contributed by atoms with E-state index in [0.29, 0.717) is 80.0 Å². The van der Waals surface area contributed by atoms with Crippen LogP contribution in [0.4, 0.5) is 71.8 Å². The number of nitrogens with one attached hydrogen (secondary N) is 7. The molecule has 5 amide bonds. The molecule has 0 atom stereocenters.